The van der Waals surface area contributed by atoms with Crippen molar-refractivity contribution >= 4 is 17.6 Å². The third-order valence-electron chi connectivity index (χ3n) is 3.37. The van der Waals surface area contributed by atoms with Gasteiger partial charge in [-0.1, -0.05) is 23.7 Å². The third-order valence-corrected chi connectivity index (χ3v) is 3.67. The summed E-state index contributed by atoms with van der Waals surface area (Å²) in [4.78, 5) is 11.7. The molecule has 2 amide bonds. The molecule has 0 bridgehead atoms. The number of urea groups is 1. The summed E-state index contributed by atoms with van der Waals surface area (Å²) in [7, 11) is 1.62. The van der Waals surface area contributed by atoms with E-state index in [0.29, 0.717) is 25.3 Å². The van der Waals surface area contributed by atoms with Gasteiger partial charge in [0.2, 0.25) is 0 Å². The van der Waals surface area contributed by atoms with E-state index in [1.54, 1.807) is 7.11 Å². The Morgan fingerprint density at radius 3 is 2.72 bits per heavy atom. The Morgan fingerprint density at radius 1 is 1.16 bits per heavy atom. The van der Waals surface area contributed by atoms with Crippen LogP contribution < -0.4 is 20.1 Å². The predicted molar refractivity (Wildman–Crippen MR) is 95.0 cm³/mol. The third kappa shape index (κ3) is 6.51. The summed E-state index contributed by atoms with van der Waals surface area (Å²) in [6.45, 7) is 1.04. The van der Waals surface area contributed by atoms with Gasteiger partial charge in [-0.3, -0.25) is 0 Å². The monoisotopic (exact) mass is 366 g/mol. The zero-order valence-corrected chi connectivity index (χ0v) is 14.6. The Labute approximate surface area is 151 Å². The molecule has 134 valence electrons. The minimum absolute atomic E-state index is 0.197. The molecule has 0 heterocycles. The number of carbonyl (C=O) groups excluding carboxylic acids is 1. The molecule has 0 atom stereocenters. The van der Waals surface area contributed by atoms with E-state index in [4.69, 9.17) is 21.1 Å². The second-order valence-electron chi connectivity index (χ2n) is 5.21. The highest BCUT2D eigenvalue weighted by atomic mass is 35.5. The summed E-state index contributed by atoms with van der Waals surface area (Å²) in [5, 5.41) is 5.64. The van der Waals surface area contributed by atoms with Gasteiger partial charge in [0.25, 0.3) is 0 Å². The molecule has 0 aliphatic heterocycles. The minimum Gasteiger partial charge on any atom is -0.497 e. The molecule has 2 aromatic carbocycles. The number of amides is 2. The topological polar surface area (TPSA) is 59.6 Å². The quantitative estimate of drug-likeness (QED) is 0.704. The fraction of sp³-hybridized carbons (Fsp3) is 0.278. The van der Waals surface area contributed by atoms with E-state index in [1.165, 1.54) is 18.2 Å². The number of hydrogen-bond acceptors (Lipinski definition) is 3. The fourth-order valence-corrected chi connectivity index (χ4v) is 2.35. The zero-order valence-electron chi connectivity index (χ0n) is 13.9. The van der Waals surface area contributed by atoms with Crippen molar-refractivity contribution in [2.75, 3.05) is 26.8 Å². The Bertz CT molecular complexity index is 712. The number of rotatable bonds is 8. The zero-order chi connectivity index (χ0) is 18.1. The second kappa shape index (κ2) is 9.74. The van der Waals surface area contributed by atoms with E-state index in [9.17, 15) is 9.18 Å². The fourth-order valence-electron chi connectivity index (χ4n) is 2.13. The van der Waals surface area contributed by atoms with Crippen molar-refractivity contribution < 1.29 is 18.7 Å². The molecule has 0 spiro atoms. The number of carbonyl (C=O) groups is 1. The van der Waals surface area contributed by atoms with E-state index in [0.717, 1.165) is 11.3 Å². The van der Waals surface area contributed by atoms with Crippen LogP contribution in [0.15, 0.2) is 42.5 Å². The maximum atomic E-state index is 12.9. The van der Waals surface area contributed by atoms with E-state index < -0.39 is 5.82 Å². The highest BCUT2D eigenvalue weighted by Crippen LogP contribution is 2.24. The van der Waals surface area contributed by atoms with Crippen molar-refractivity contribution in [2.24, 2.45) is 0 Å². The number of nitrogens with one attached hydrogen (secondary N) is 2. The molecule has 0 aliphatic carbocycles. The van der Waals surface area contributed by atoms with Crippen LogP contribution in [0.25, 0.3) is 0 Å². The van der Waals surface area contributed by atoms with Gasteiger partial charge < -0.3 is 20.1 Å². The van der Waals surface area contributed by atoms with Gasteiger partial charge in [-0.15, -0.1) is 0 Å². The van der Waals surface area contributed by atoms with Crippen molar-refractivity contribution in [3.05, 3.63) is 58.9 Å². The maximum absolute atomic E-state index is 12.9. The number of hydrogen-bond donors (Lipinski definition) is 2. The molecule has 0 radical (unpaired) electrons. The molecule has 0 fully saturated rings. The van der Waals surface area contributed by atoms with Crippen LogP contribution in [-0.4, -0.2) is 32.8 Å². The average molecular weight is 367 g/mol. The van der Waals surface area contributed by atoms with Gasteiger partial charge in [0.05, 0.1) is 18.7 Å². The highest BCUT2D eigenvalue weighted by molar-refractivity contribution is 6.32. The largest absolute Gasteiger partial charge is 0.497 e. The molecule has 0 aliphatic rings. The van der Waals surface area contributed by atoms with Crippen LogP contribution in [0.5, 0.6) is 11.5 Å². The molecule has 0 aromatic heterocycles. The number of benzene rings is 2. The van der Waals surface area contributed by atoms with Crippen molar-refractivity contribution in [1.82, 2.24) is 10.6 Å². The SMILES string of the molecule is COc1cccc(CCNC(=O)NCCOc2ccc(F)cc2Cl)c1. The molecule has 7 heteroatoms. The van der Waals surface area contributed by atoms with Crippen LogP contribution in [0.1, 0.15) is 5.56 Å². The summed E-state index contributed by atoms with van der Waals surface area (Å²) < 4.78 is 23.5. The summed E-state index contributed by atoms with van der Waals surface area (Å²) >= 11 is 5.85. The maximum Gasteiger partial charge on any atom is 0.314 e. The van der Waals surface area contributed by atoms with Crippen LogP contribution in [0, 0.1) is 5.82 Å². The first-order chi connectivity index (χ1) is 12.1. The van der Waals surface area contributed by atoms with Gasteiger partial charge in [-0.2, -0.15) is 0 Å². The molecule has 2 rings (SSSR count). The van der Waals surface area contributed by atoms with E-state index in [-0.39, 0.29) is 17.7 Å². The first-order valence-electron chi connectivity index (χ1n) is 7.81. The molecule has 0 saturated carbocycles. The van der Waals surface area contributed by atoms with Gasteiger partial charge in [-0.05, 0) is 42.3 Å². The Balaban J connectivity index is 1.62. The normalized spacial score (nSPS) is 10.2. The smallest absolute Gasteiger partial charge is 0.314 e. The van der Waals surface area contributed by atoms with Gasteiger partial charge >= 0.3 is 6.03 Å². The van der Waals surface area contributed by atoms with Crippen LogP contribution in [-0.2, 0) is 6.42 Å². The molecular weight excluding hydrogens is 347 g/mol. The van der Waals surface area contributed by atoms with Gasteiger partial charge in [0.1, 0.15) is 23.9 Å². The number of methoxy groups -OCH3 is 1. The number of halogens is 2. The molecular formula is C18H20ClFN2O3. The van der Waals surface area contributed by atoms with Crippen molar-refractivity contribution in [2.45, 2.75) is 6.42 Å². The summed E-state index contributed by atoms with van der Waals surface area (Å²) in [6, 6.07) is 11.3. The lowest BCUT2D eigenvalue weighted by Gasteiger charge is -2.10. The molecule has 2 N–H and O–H groups in total. The molecule has 25 heavy (non-hydrogen) atoms. The van der Waals surface area contributed by atoms with Crippen LogP contribution in [0.4, 0.5) is 9.18 Å². The van der Waals surface area contributed by atoms with Crippen LogP contribution in [0.2, 0.25) is 5.02 Å². The Kier molecular flexibility index (Phi) is 7.35. The van der Waals surface area contributed by atoms with Gasteiger partial charge in [0.15, 0.2) is 0 Å². The molecule has 0 unspecified atom stereocenters. The van der Waals surface area contributed by atoms with Crippen LogP contribution in [0.3, 0.4) is 0 Å². The van der Waals surface area contributed by atoms with Crippen LogP contribution >= 0.6 is 11.6 Å². The molecule has 2 aromatic rings. The average Bonchev–Trinajstić information content (AvgIpc) is 2.60. The summed E-state index contributed by atoms with van der Waals surface area (Å²) in [5.74, 6) is 0.743. The molecule has 5 nitrogen and oxygen atoms in total. The lowest BCUT2D eigenvalue weighted by molar-refractivity contribution is 0.236. The standard InChI is InChI=1S/C18H20ClFN2O3/c1-24-15-4-2-3-13(11-15)7-8-21-18(23)22-9-10-25-17-6-5-14(20)12-16(17)19/h2-6,11-12H,7-10H2,1H3,(H2,21,22,23). The van der Waals surface area contributed by atoms with Crippen molar-refractivity contribution in [1.29, 1.82) is 0 Å². The second-order valence-corrected chi connectivity index (χ2v) is 5.61. The van der Waals surface area contributed by atoms with Crippen molar-refractivity contribution in [3.8, 4) is 11.5 Å². The Hall–Kier alpha value is -2.47. The van der Waals surface area contributed by atoms with Gasteiger partial charge in [0, 0.05) is 6.54 Å². The lowest BCUT2D eigenvalue weighted by Crippen LogP contribution is -2.38. The first-order valence-corrected chi connectivity index (χ1v) is 8.19. The minimum atomic E-state index is -0.425. The first kappa shape index (κ1) is 18.9. The van der Waals surface area contributed by atoms with E-state index in [2.05, 4.69) is 10.6 Å². The summed E-state index contributed by atoms with van der Waals surface area (Å²) in [5.41, 5.74) is 1.08. The highest BCUT2D eigenvalue weighted by Gasteiger charge is 2.04. The van der Waals surface area contributed by atoms with E-state index >= 15 is 0 Å². The lowest BCUT2D eigenvalue weighted by atomic mass is 10.1. The van der Waals surface area contributed by atoms with Crippen molar-refractivity contribution in [3.63, 3.8) is 0 Å². The van der Waals surface area contributed by atoms with Gasteiger partial charge in [-0.25, -0.2) is 9.18 Å². The van der Waals surface area contributed by atoms with E-state index in [1.807, 2.05) is 24.3 Å². The summed E-state index contributed by atoms with van der Waals surface area (Å²) in [6.07, 6.45) is 0.701. The Morgan fingerprint density at radius 2 is 1.96 bits per heavy atom. The molecule has 0 saturated heterocycles. The predicted octanol–water partition coefficient (Wildman–Crippen LogP) is 3.41. The number of ether oxygens (including phenoxy) is 2.